The third kappa shape index (κ3) is 3.21. The Bertz CT molecular complexity index is 842. The predicted molar refractivity (Wildman–Crippen MR) is 93.3 cm³/mol. The fourth-order valence-corrected chi connectivity index (χ4v) is 3.28. The van der Waals surface area contributed by atoms with Gasteiger partial charge in [-0.3, -0.25) is 4.79 Å². The summed E-state index contributed by atoms with van der Waals surface area (Å²) in [5.74, 6) is -0.255. The molecule has 1 atom stereocenters. The van der Waals surface area contributed by atoms with Crippen molar-refractivity contribution in [3.8, 4) is 5.69 Å². The van der Waals surface area contributed by atoms with Crippen molar-refractivity contribution in [1.29, 1.82) is 0 Å². The van der Waals surface area contributed by atoms with Crippen LogP contribution >= 0.6 is 11.3 Å². The largest absolute Gasteiger partial charge is 0.339 e. The summed E-state index contributed by atoms with van der Waals surface area (Å²) in [5.41, 5.74) is 1.58. The van der Waals surface area contributed by atoms with Gasteiger partial charge in [0.05, 0.1) is 17.4 Å². The minimum absolute atomic E-state index is 0.255. The van der Waals surface area contributed by atoms with Gasteiger partial charge in [-0.1, -0.05) is 30.3 Å². The Morgan fingerprint density at radius 2 is 2.08 bits per heavy atom. The summed E-state index contributed by atoms with van der Waals surface area (Å²) in [6.45, 7) is 5.95. The van der Waals surface area contributed by atoms with Gasteiger partial charge in [-0.2, -0.15) is 0 Å². The first kappa shape index (κ1) is 16.3. The van der Waals surface area contributed by atoms with E-state index in [1.54, 1.807) is 22.2 Å². The molecule has 0 aliphatic rings. The lowest BCUT2D eigenvalue weighted by Crippen LogP contribution is -2.43. The van der Waals surface area contributed by atoms with Crippen LogP contribution in [0, 0.1) is 6.92 Å². The Morgan fingerprint density at radius 3 is 2.71 bits per heavy atom. The van der Waals surface area contributed by atoms with E-state index in [1.807, 2.05) is 56.5 Å². The number of para-hydroxylation sites is 1. The van der Waals surface area contributed by atoms with Gasteiger partial charge in [0.25, 0.3) is 5.91 Å². The zero-order chi connectivity index (χ0) is 17.2. The van der Waals surface area contributed by atoms with Crippen molar-refractivity contribution in [1.82, 2.24) is 25.3 Å². The molecule has 0 aliphatic carbocycles. The molecule has 2 aromatic heterocycles. The summed E-state index contributed by atoms with van der Waals surface area (Å²) in [4.78, 5) is 17.1. The Labute approximate surface area is 144 Å². The van der Waals surface area contributed by atoms with Crippen LogP contribution in [0.1, 0.15) is 41.5 Å². The van der Waals surface area contributed by atoms with Crippen LogP contribution in [-0.2, 0) is 5.54 Å². The van der Waals surface area contributed by atoms with Gasteiger partial charge in [-0.25, -0.2) is 9.67 Å². The monoisotopic (exact) mass is 341 g/mol. The van der Waals surface area contributed by atoms with Gasteiger partial charge in [-0.15, -0.1) is 16.4 Å². The third-order valence-corrected chi connectivity index (χ3v) is 5.16. The van der Waals surface area contributed by atoms with E-state index >= 15 is 0 Å². The molecule has 0 spiro atoms. The maximum absolute atomic E-state index is 12.6. The highest BCUT2D eigenvalue weighted by Crippen LogP contribution is 2.27. The number of hydrogen-bond acceptors (Lipinski definition) is 5. The highest BCUT2D eigenvalue weighted by molar-refractivity contribution is 7.09. The molecular formula is C17H19N5OS. The summed E-state index contributed by atoms with van der Waals surface area (Å²) in [5, 5.41) is 14.0. The Kier molecular flexibility index (Phi) is 4.44. The minimum Gasteiger partial charge on any atom is -0.339 e. The van der Waals surface area contributed by atoms with E-state index in [-0.39, 0.29) is 11.6 Å². The number of carbonyl (C=O) groups excluding carboxylic acids is 1. The fraction of sp³-hybridized carbons (Fsp3) is 0.294. The second-order valence-corrected chi connectivity index (χ2v) is 6.68. The Balaban J connectivity index is 1.81. The van der Waals surface area contributed by atoms with Crippen molar-refractivity contribution >= 4 is 17.2 Å². The first-order chi connectivity index (χ1) is 11.5. The molecular weight excluding hydrogens is 322 g/mol. The summed E-state index contributed by atoms with van der Waals surface area (Å²) in [7, 11) is 0. The van der Waals surface area contributed by atoms with Crippen LogP contribution in [0.25, 0.3) is 5.69 Å². The molecule has 3 aromatic rings. The number of aryl methyl sites for hydroxylation is 1. The van der Waals surface area contributed by atoms with Gasteiger partial charge < -0.3 is 5.32 Å². The maximum Gasteiger partial charge on any atom is 0.274 e. The zero-order valence-electron chi connectivity index (χ0n) is 13.9. The Morgan fingerprint density at radius 1 is 1.33 bits per heavy atom. The van der Waals surface area contributed by atoms with Crippen molar-refractivity contribution in [3.05, 3.63) is 58.3 Å². The van der Waals surface area contributed by atoms with E-state index < -0.39 is 5.54 Å². The molecule has 6 nitrogen and oxygen atoms in total. The Hall–Kier alpha value is -2.54. The predicted octanol–water partition coefficient (Wildman–Crippen LogP) is 3.09. The SMILES string of the molecule is CC[C@@](C)(NC(=O)c1cn(-c2ccccc2)nn1)c1nc(C)cs1. The normalized spacial score (nSPS) is 13.5. The number of rotatable bonds is 5. The summed E-state index contributed by atoms with van der Waals surface area (Å²) >= 11 is 1.55. The van der Waals surface area contributed by atoms with Gasteiger partial charge >= 0.3 is 0 Å². The molecule has 0 bridgehead atoms. The van der Waals surface area contributed by atoms with Crippen LogP contribution in [-0.4, -0.2) is 25.9 Å². The lowest BCUT2D eigenvalue weighted by atomic mass is 9.99. The summed E-state index contributed by atoms with van der Waals surface area (Å²) in [6.07, 6.45) is 2.37. The van der Waals surface area contributed by atoms with Crippen molar-refractivity contribution in [2.24, 2.45) is 0 Å². The minimum atomic E-state index is -0.521. The van der Waals surface area contributed by atoms with Crippen molar-refractivity contribution < 1.29 is 4.79 Å². The third-order valence-electron chi connectivity index (χ3n) is 3.93. The smallest absolute Gasteiger partial charge is 0.274 e. The average Bonchev–Trinajstić information content (AvgIpc) is 3.25. The molecule has 0 fully saturated rings. The van der Waals surface area contributed by atoms with Crippen molar-refractivity contribution in [3.63, 3.8) is 0 Å². The first-order valence-corrected chi connectivity index (χ1v) is 8.62. The topological polar surface area (TPSA) is 72.7 Å². The molecule has 0 aliphatic heterocycles. The van der Waals surface area contributed by atoms with Gasteiger partial charge in [0.2, 0.25) is 0 Å². The molecule has 3 rings (SSSR count). The second-order valence-electron chi connectivity index (χ2n) is 5.82. The fourth-order valence-electron chi connectivity index (χ4n) is 2.29. The second kappa shape index (κ2) is 6.52. The van der Waals surface area contributed by atoms with Crippen LogP contribution in [0.2, 0.25) is 0 Å². The van der Waals surface area contributed by atoms with Crippen LogP contribution in [0.3, 0.4) is 0 Å². The summed E-state index contributed by atoms with van der Waals surface area (Å²) < 4.78 is 1.59. The molecule has 2 heterocycles. The molecule has 124 valence electrons. The van der Waals surface area contributed by atoms with E-state index in [0.29, 0.717) is 0 Å². The molecule has 7 heteroatoms. The molecule has 0 saturated carbocycles. The highest BCUT2D eigenvalue weighted by atomic mass is 32.1. The van der Waals surface area contributed by atoms with Gasteiger partial charge in [-0.05, 0) is 32.4 Å². The quantitative estimate of drug-likeness (QED) is 0.774. The maximum atomic E-state index is 12.6. The highest BCUT2D eigenvalue weighted by Gasteiger charge is 2.31. The van der Waals surface area contributed by atoms with E-state index in [0.717, 1.165) is 22.8 Å². The number of nitrogens with one attached hydrogen (secondary N) is 1. The lowest BCUT2D eigenvalue weighted by Gasteiger charge is -2.26. The number of benzene rings is 1. The van der Waals surface area contributed by atoms with Gasteiger partial charge in [0.15, 0.2) is 5.69 Å². The van der Waals surface area contributed by atoms with Crippen LogP contribution in [0.15, 0.2) is 41.9 Å². The number of hydrogen-bond donors (Lipinski definition) is 1. The van der Waals surface area contributed by atoms with Crippen LogP contribution < -0.4 is 5.32 Å². The van der Waals surface area contributed by atoms with Crippen LogP contribution in [0.4, 0.5) is 0 Å². The molecule has 1 amide bonds. The number of carbonyl (C=O) groups is 1. The van der Waals surface area contributed by atoms with Crippen molar-refractivity contribution in [2.45, 2.75) is 32.7 Å². The standard InChI is InChI=1S/C17H19N5OS/c1-4-17(3,16-18-12(2)11-24-16)19-15(23)14-10-22(21-20-14)13-8-6-5-7-9-13/h5-11H,4H2,1-3H3,(H,19,23)/t17-/m1/s1. The molecule has 0 radical (unpaired) electrons. The van der Waals surface area contributed by atoms with E-state index in [9.17, 15) is 4.79 Å². The number of amides is 1. The molecule has 1 aromatic carbocycles. The lowest BCUT2D eigenvalue weighted by molar-refractivity contribution is 0.0896. The van der Waals surface area contributed by atoms with Gasteiger partial charge in [0, 0.05) is 11.1 Å². The number of nitrogens with zero attached hydrogens (tertiary/aromatic N) is 4. The number of thiazole rings is 1. The summed E-state index contributed by atoms with van der Waals surface area (Å²) in [6, 6.07) is 9.57. The molecule has 24 heavy (non-hydrogen) atoms. The zero-order valence-corrected chi connectivity index (χ0v) is 14.7. The van der Waals surface area contributed by atoms with Crippen LogP contribution in [0.5, 0.6) is 0 Å². The van der Waals surface area contributed by atoms with E-state index in [1.165, 1.54) is 0 Å². The van der Waals surface area contributed by atoms with E-state index in [2.05, 4.69) is 20.6 Å². The molecule has 0 saturated heterocycles. The molecule has 0 unspecified atom stereocenters. The van der Waals surface area contributed by atoms with Gasteiger partial charge in [0.1, 0.15) is 5.01 Å². The average molecular weight is 341 g/mol. The first-order valence-electron chi connectivity index (χ1n) is 7.75. The van der Waals surface area contributed by atoms with E-state index in [4.69, 9.17) is 0 Å². The number of aromatic nitrogens is 4. The van der Waals surface area contributed by atoms with Crippen molar-refractivity contribution in [2.75, 3.05) is 0 Å². The molecule has 1 N–H and O–H groups in total.